The van der Waals surface area contributed by atoms with Gasteiger partial charge in [-0.1, -0.05) is 5.21 Å². The Morgan fingerprint density at radius 1 is 1.36 bits per heavy atom. The Labute approximate surface area is 82.6 Å². The molecular weight excluding hydrogens is 178 g/mol. The molecule has 0 aliphatic heterocycles. The molecule has 2 heterocycles. The summed E-state index contributed by atoms with van der Waals surface area (Å²) in [4.78, 5) is 4.25. The van der Waals surface area contributed by atoms with Gasteiger partial charge in [-0.2, -0.15) is 4.68 Å². The van der Waals surface area contributed by atoms with E-state index in [1.165, 1.54) is 0 Å². The lowest BCUT2D eigenvalue weighted by Gasteiger charge is -2.22. The standard InChI is InChI=1S/C9H14N5/c1-14(2,3)7-13-9-8(11-12-13)5-4-6-10-9/h4-6H,7H2,1-3H3/q+1. The molecule has 0 radical (unpaired) electrons. The first-order valence-electron chi connectivity index (χ1n) is 4.51. The summed E-state index contributed by atoms with van der Waals surface area (Å²) in [7, 11) is 6.32. The number of pyridine rings is 1. The van der Waals surface area contributed by atoms with Crippen LogP contribution in [0.1, 0.15) is 0 Å². The molecule has 0 aromatic carbocycles. The van der Waals surface area contributed by atoms with Gasteiger partial charge in [0.15, 0.2) is 12.3 Å². The van der Waals surface area contributed by atoms with Crippen LogP contribution in [0.4, 0.5) is 0 Å². The molecule has 0 amide bonds. The van der Waals surface area contributed by atoms with Crippen molar-refractivity contribution in [1.82, 2.24) is 20.0 Å². The molecule has 0 aliphatic rings. The van der Waals surface area contributed by atoms with E-state index in [1.807, 2.05) is 16.8 Å². The largest absolute Gasteiger partial charge is 0.312 e. The summed E-state index contributed by atoms with van der Waals surface area (Å²) >= 11 is 0. The Morgan fingerprint density at radius 2 is 2.14 bits per heavy atom. The third-order valence-electron chi connectivity index (χ3n) is 1.83. The minimum absolute atomic E-state index is 0.771. The highest BCUT2D eigenvalue weighted by molar-refractivity contribution is 5.68. The number of hydrogen-bond acceptors (Lipinski definition) is 3. The topological polar surface area (TPSA) is 43.6 Å². The SMILES string of the molecule is C[N+](C)(C)Cn1nnc2cccnc21. The van der Waals surface area contributed by atoms with E-state index in [0.29, 0.717) is 0 Å². The van der Waals surface area contributed by atoms with Crippen LogP contribution in [-0.4, -0.2) is 45.6 Å². The summed E-state index contributed by atoms with van der Waals surface area (Å²) in [5, 5.41) is 8.11. The minimum Gasteiger partial charge on any atom is -0.312 e. The van der Waals surface area contributed by atoms with Gasteiger partial charge in [-0.05, 0) is 12.1 Å². The van der Waals surface area contributed by atoms with Gasteiger partial charge in [0.05, 0.1) is 21.1 Å². The predicted octanol–water partition coefficient (Wildman–Crippen LogP) is 0.490. The van der Waals surface area contributed by atoms with Gasteiger partial charge in [0.2, 0.25) is 0 Å². The van der Waals surface area contributed by atoms with Crippen LogP contribution < -0.4 is 0 Å². The van der Waals surface area contributed by atoms with Crippen LogP contribution in [0, 0.1) is 0 Å². The summed E-state index contributed by atoms with van der Waals surface area (Å²) in [5.74, 6) is 0. The second kappa shape index (κ2) is 3.02. The first kappa shape index (κ1) is 9.08. The Morgan fingerprint density at radius 3 is 2.86 bits per heavy atom. The number of hydrogen-bond donors (Lipinski definition) is 0. The number of quaternary nitrogens is 1. The van der Waals surface area contributed by atoms with Crippen LogP contribution in [0.5, 0.6) is 0 Å². The smallest absolute Gasteiger partial charge is 0.184 e. The molecule has 74 valence electrons. The van der Waals surface area contributed by atoms with Gasteiger partial charge in [-0.3, -0.25) is 0 Å². The maximum Gasteiger partial charge on any atom is 0.184 e. The van der Waals surface area contributed by atoms with Gasteiger partial charge >= 0.3 is 0 Å². The fourth-order valence-electron chi connectivity index (χ4n) is 1.31. The number of nitrogens with zero attached hydrogens (tertiary/aromatic N) is 5. The van der Waals surface area contributed by atoms with Crippen molar-refractivity contribution >= 4 is 11.2 Å². The second-order valence-electron chi connectivity index (χ2n) is 4.37. The zero-order chi connectivity index (χ0) is 10.2. The average Bonchev–Trinajstić information content (AvgIpc) is 2.47. The third kappa shape index (κ3) is 1.72. The number of fused-ring (bicyclic) bond motifs is 1. The van der Waals surface area contributed by atoms with E-state index in [9.17, 15) is 0 Å². The quantitative estimate of drug-likeness (QED) is 0.650. The van der Waals surface area contributed by atoms with Crippen LogP contribution in [-0.2, 0) is 6.67 Å². The van der Waals surface area contributed by atoms with Crippen molar-refractivity contribution in [2.75, 3.05) is 21.1 Å². The lowest BCUT2D eigenvalue weighted by Crippen LogP contribution is -2.36. The molecule has 2 rings (SSSR count). The lowest BCUT2D eigenvalue weighted by atomic mass is 10.4. The molecule has 0 fully saturated rings. The molecule has 0 spiro atoms. The van der Waals surface area contributed by atoms with Gasteiger partial charge in [-0.25, -0.2) is 4.98 Å². The Balaban J connectivity index is 2.44. The van der Waals surface area contributed by atoms with Gasteiger partial charge in [-0.15, -0.1) is 5.10 Å². The molecule has 0 unspecified atom stereocenters. The number of rotatable bonds is 2. The summed E-state index contributed by atoms with van der Waals surface area (Å²) in [6.45, 7) is 0.771. The summed E-state index contributed by atoms with van der Waals surface area (Å²) in [5.41, 5.74) is 1.70. The molecule has 0 aliphatic carbocycles. The maximum absolute atomic E-state index is 4.25. The molecule has 14 heavy (non-hydrogen) atoms. The molecule has 5 nitrogen and oxygen atoms in total. The predicted molar refractivity (Wildman–Crippen MR) is 53.4 cm³/mol. The summed E-state index contributed by atoms with van der Waals surface area (Å²) in [6.07, 6.45) is 1.76. The Hall–Kier alpha value is -1.49. The van der Waals surface area contributed by atoms with Crippen molar-refractivity contribution in [1.29, 1.82) is 0 Å². The molecule has 0 saturated heterocycles. The second-order valence-corrected chi connectivity index (χ2v) is 4.37. The van der Waals surface area contributed by atoms with E-state index in [1.54, 1.807) is 6.20 Å². The van der Waals surface area contributed by atoms with Crippen LogP contribution in [0.15, 0.2) is 18.3 Å². The van der Waals surface area contributed by atoms with Crippen molar-refractivity contribution < 1.29 is 4.48 Å². The zero-order valence-corrected chi connectivity index (χ0v) is 8.68. The molecule has 0 saturated carbocycles. The molecular formula is C9H14N5+. The highest BCUT2D eigenvalue weighted by atomic mass is 15.5. The third-order valence-corrected chi connectivity index (χ3v) is 1.83. The van der Waals surface area contributed by atoms with E-state index < -0.39 is 0 Å². The van der Waals surface area contributed by atoms with Crippen molar-refractivity contribution in [3.05, 3.63) is 18.3 Å². The van der Waals surface area contributed by atoms with E-state index in [4.69, 9.17) is 0 Å². The van der Waals surface area contributed by atoms with Crippen molar-refractivity contribution in [2.45, 2.75) is 6.67 Å². The van der Waals surface area contributed by atoms with Crippen LogP contribution >= 0.6 is 0 Å². The maximum atomic E-state index is 4.25. The first-order chi connectivity index (χ1) is 6.56. The van der Waals surface area contributed by atoms with E-state index in [0.717, 1.165) is 22.3 Å². The fraction of sp³-hybridized carbons (Fsp3) is 0.444. The molecule has 2 aromatic heterocycles. The van der Waals surface area contributed by atoms with Crippen LogP contribution in [0.3, 0.4) is 0 Å². The van der Waals surface area contributed by atoms with Crippen LogP contribution in [0.2, 0.25) is 0 Å². The zero-order valence-electron chi connectivity index (χ0n) is 8.68. The Kier molecular flexibility index (Phi) is 1.96. The highest BCUT2D eigenvalue weighted by Gasteiger charge is 2.12. The van der Waals surface area contributed by atoms with Gasteiger partial charge in [0.1, 0.15) is 5.52 Å². The van der Waals surface area contributed by atoms with E-state index >= 15 is 0 Å². The molecule has 0 atom stereocenters. The molecule has 0 N–H and O–H groups in total. The molecule has 5 heteroatoms. The van der Waals surface area contributed by atoms with Crippen molar-refractivity contribution in [2.24, 2.45) is 0 Å². The minimum atomic E-state index is 0.771. The van der Waals surface area contributed by atoms with E-state index in [-0.39, 0.29) is 0 Å². The average molecular weight is 192 g/mol. The Bertz CT molecular complexity index is 440. The first-order valence-corrected chi connectivity index (χ1v) is 4.51. The highest BCUT2D eigenvalue weighted by Crippen LogP contribution is 2.07. The van der Waals surface area contributed by atoms with Gasteiger partial charge in [0, 0.05) is 6.20 Å². The van der Waals surface area contributed by atoms with Gasteiger partial charge in [0.25, 0.3) is 0 Å². The molecule has 0 bridgehead atoms. The van der Waals surface area contributed by atoms with Crippen molar-refractivity contribution in [3.63, 3.8) is 0 Å². The number of aromatic nitrogens is 4. The monoisotopic (exact) mass is 192 g/mol. The summed E-state index contributed by atoms with van der Waals surface area (Å²) < 4.78 is 2.63. The van der Waals surface area contributed by atoms with Gasteiger partial charge < -0.3 is 4.48 Å². The molecule has 2 aromatic rings. The van der Waals surface area contributed by atoms with Crippen molar-refractivity contribution in [3.8, 4) is 0 Å². The van der Waals surface area contributed by atoms with E-state index in [2.05, 4.69) is 36.4 Å². The summed E-state index contributed by atoms with van der Waals surface area (Å²) in [6, 6.07) is 3.79. The lowest BCUT2D eigenvalue weighted by molar-refractivity contribution is -0.893. The fourth-order valence-corrected chi connectivity index (χ4v) is 1.31. The van der Waals surface area contributed by atoms with Crippen LogP contribution in [0.25, 0.3) is 11.2 Å². The normalized spacial score (nSPS) is 12.2.